The van der Waals surface area contributed by atoms with Gasteiger partial charge in [0.05, 0.1) is 19.4 Å². The van der Waals surface area contributed by atoms with Crippen LogP contribution in [0.5, 0.6) is 0 Å². The first-order chi connectivity index (χ1) is 12.1. The second kappa shape index (κ2) is 11.5. The van der Waals surface area contributed by atoms with E-state index in [-0.39, 0.29) is 36.4 Å². The van der Waals surface area contributed by atoms with Crippen molar-refractivity contribution in [3.8, 4) is 0 Å². The third-order valence-electron chi connectivity index (χ3n) is 3.59. The first kappa shape index (κ1) is 21.9. The third kappa shape index (κ3) is 7.42. The molecule has 0 unspecified atom stereocenters. The van der Waals surface area contributed by atoms with Crippen molar-refractivity contribution >= 4 is 35.8 Å². The molecule has 0 saturated carbocycles. The molecule has 2 aromatic rings. The Balaban J connectivity index is 0.00000338. The third-order valence-corrected chi connectivity index (χ3v) is 3.59. The minimum atomic E-state index is 0. The van der Waals surface area contributed by atoms with E-state index in [1.54, 1.807) is 31.5 Å². The average molecular weight is 470 g/mol. The Bertz CT molecular complexity index is 699. The van der Waals surface area contributed by atoms with Crippen molar-refractivity contribution in [2.75, 3.05) is 27.2 Å². The molecule has 0 atom stereocenters. The summed E-state index contributed by atoms with van der Waals surface area (Å²) in [6, 6.07) is 8.31. The fourth-order valence-electron chi connectivity index (χ4n) is 2.25. The maximum atomic E-state index is 11.7. The van der Waals surface area contributed by atoms with Gasteiger partial charge in [0, 0.05) is 39.6 Å². The standard InChI is InChI=1S/C18H26N6O.HI/c1-4-20-18(22-12-17(25)23(2)3)21-11-15-6-5-7-16(10-15)13-24-9-8-19-14-24;/h5-10,14H,4,11-13H2,1-3H3,(H2,20,21,22);1H. The predicted octanol–water partition coefficient (Wildman–Crippen LogP) is 1.69. The van der Waals surface area contributed by atoms with Gasteiger partial charge < -0.3 is 20.1 Å². The molecular formula is C18H27IN6O. The number of rotatable bonds is 7. The molecule has 0 radical (unpaired) electrons. The van der Waals surface area contributed by atoms with Crippen LogP contribution < -0.4 is 10.6 Å². The van der Waals surface area contributed by atoms with E-state index in [1.807, 2.05) is 23.8 Å². The summed E-state index contributed by atoms with van der Waals surface area (Å²) in [6.45, 7) is 4.29. The number of carbonyl (C=O) groups excluding carboxylic acids is 1. The van der Waals surface area contributed by atoms with Crippen LogP contribution in [0.15, 0.2) is 48.0 Å². The summed E-state index contributed by atoms with van der Waals surface area (Å²) in [5.41, 5.74) is 2.32. The first-order valence-corrected chi connectivity index (χ1v) is 8.34. The van der Waals surface area contributed by atoms with E-state index >= 15 is 0 Å². The maximum absolute atomic E-state index is 11.7. The summed E-state index contributed by atoms with van der Waals surface area (Å²) in [5, 5.41) is 6.21. The number of hydrogen-bond donors (Lipinski definition) is 2. The number of aromatic nitrogens is 2. The van der Waals surface area contributed by atoms with E-state index in [2.05, 4.69) is 38.8 Å². The summed E-state index contributed by atoms with van der Waals surface area (Å²) >= 11 is 0. The molecule has 142 valence electrons. The molecule has 2 rings (SSSR count). The van der Waals surface area contributed by atoms with Gasteiger partial charge in [0.15, 0.2) is 5.96 Å². The van der Waals surface area contributed by atoms with Gasteiger partial charge in [-0.1, -0.05) is 24.3 Å². The van der Waals surface area contributed by atoms with Gasteiger partial charge in [-0.05, 0) is 18.1 Å². The number of likely N-dealkylation sites (N-methyl/N-ethyl adjacent to an activating group) is 1. The number of nitrogens with zero attached hydrogens (tertiary/aromatic N) is 4. The van der Waals surface area contributed by atoms with Crippen molar-refractivity contribution in [1.29, 1.82) is 0 Å². The molecule has 1 aromatic heterocycles. The van der Waals surface area contributed by atoms with Gasteiger partial charge in [-0.3, -0.25) is 4.79 Å². The van der Waals surface area contributed by atoms with Crippen molar-refractivity contribution in [2.45, 2.75) is 20.0 Å². The predicted molar refractivity (Wildman–Crippen MR) is 115 cm³/mol. The lowest BCUT2D eigenvalue weighted by atomic mass is 10.1. The number of aliphatic imine (C=N–C) groups is 1. The quantitative estimate of drug-likeness (QED) is 0.367. The first-order valence-electron chi connectivity index (χ1n) is 8.34. The highest BCUT2D eigenvalue weighted by atomic mass is 127. The molecule has 2 N–H and O–H groups in total. The van der Waals surface area contributed by atoms with Crippen LogP contribution >= 0.6 is 24.0 Å². The number of imidazole rings is 1. The Hall–Kier alpha value is -2.10. The van der Waals surface area contributed by atoms with Crippen LogP contribution in [0, 0.1) is 0 Å². The zero-order chi connectivity index (χ0) is 18.1. The molecule has 1 heterocycles. The molecule has 26 heavy (non-hydrogen) atoms. The topological polar surface area (TPSA) is 74.5 Å². The normalized spacial score (nSPS) is 10.8. The Morgan fingerprint density at radius 3 is 2.69 bits per heavy atom. The zero-order valence-electron chi connectivity index (χ0n) is 15.5. The fourth-order valence-corrected chi connectivity index (χ4v) is 2.25. The number of amides is 1. The monoisotopic (exact) mass is 470 g/mol. The molecule has 0 fully saturated rings. The fraction of sp³-hybridized carbons (Fsp3) is 0.389. The smallest absolute Gasteiger partial charge is 0.241 e. The lowest BCUT2D eigenvalue weighted by Crippen LogP contribution is -2.42. The molecule has 0 aliphatic rings. The van der Waals surface area contributed by atoms with Gasteiger partial charge in [-0.15, -0.1) is 24.0 Å². The highest BCUT2D eigenvalue weighted by Gasteiger charge is 2.05. The van der Waals surface area contributed by atoms with E-state index < -0.39 is 0 Å². The number of guanidine groups is 1. The summed E-state index contributed by atoms with van der Waals surface area (Å²) in [5.74, 6) is 0.644. The van der Waals surface area contributed by atoms with Crippen molar-refractivity contribution in [3.63, 3.8) is 0 Å². The average Bonchev–Trinajstić information content (AvgIpc) is 3.10. The number of nitrogens with one attached hydrogen (secondary N) is 2. The van der Waals surface area contributed by atoms with Crippen LogP contribution in [0.3, 0.4) is 0 Å². The van der Waals surface area contributed by atoms with E-state index in [4.69, 9.17) is 0 Å². The minimum absolute atomic E-state index is 0. The van der Waals surface area contributed by atoms with Crippen molar-refractivity contribution in [2.24, 2.45) is 4.99 Å². The molecule has 1 amide bonds. The van der Waals surface area contributed by atoms with E-state index in [1.165, 1.54) is 5.56 Å². The van der Waals surface area contributed by atoms with E-state index in [0.29, 0.717) is 12.5 Å². The van der Waals surface area contributed by atoms with Crippen molar-refractivity contribution in [1.82, 2.24) is 25.1 Å². The largest absolute Gasteiger partial charge is 0.357 e. The van der Waals surface area contributed by atoms with Gasteiger partial charge in [0.2, 0.25) is 5.91 Å². The maximum Gasteiger partial charge on any atom is 0.241 e. The van der Waals surface area contributed by atoms with Crippen LogP contribution in [0.25, 0.3) is 0 Å². The lowest BCUT2D eigenvalue weighted by Gasteiger charge is -2.14. The molecule has 8 heteroatoms. The summed E-state index contributed by atoms with van der Waals surface area (Å²) in [6.07, 6.45) is 5.52. The van der Waals surface area contributed by atoms with E-state index in [0.717, 1.165) is 18.7 Å². The van der Waals surface area contributed by atoms with Gasteiger partial charge in [0.25, 0.3) is 0 Å². The molecule has 1 aromatic carbocycles. The Labute approximate surface area is 171 Å². The van der Waals surface area contributed by atoms with Gasteiger partial charge >= 0.3 is 0 Å². The van der Waals surface area contributed by atoms with Gasteiger partial charge in [-0.2, -0.15) is 0 Å². The SMILES string of the molecule is CCNC(=NCc1cccc(Cn2ccnc2)c1)NCC(=O)N(C)C.I. The van der Waals surface area contributed by atoms with E-state index in [9.17, 15) is 4.79 Å². The summed E-state index contributed by atoms with van der Waals surface area (Å²) < 4.78 is 2.03. The highest BCUT2D eigenvalue weighted by Crippen LogP contribution is 2.08. The Kier molecular flexibility index (Phi) is 9.71. The van der Waals surface area contributed by atoms with Crippen LogP contribution in [-0.2, 0) is 17.9 Å². The molecule has 0 aliphatic heterocycles. The van der Waals surface area contributed by atoms with Gasteiger partial charge in [0.1, 0.15) is 0 Å². The number of carbonyl (C=O) groups is 1. The van der Waals surface area contributed by atoms with Crippen LogP contribution in [0.4, 0.5) is 0 Å². The molecule has 0 spiro atoms. The molecule has 7 nitrogen and oxygen atoms in total. The van der Waals surface area contributed by atoms with Gasteiger partial charge in [-0.25, -0.2) is 9.98 Å². The summed E-state index contributed by atoms with van der Waals surface area (Å²) in [4.78, 5) is 21.9. The highest BCUT2D eigenvalue weighted by molar-refractivity contribution is 14.0. The minimum Gasteiger partial charge on any atom is -0.357 e. The zero-order valence-corrected chi connectivity index (χ0v) is 17.8. The second-order valence-electron chi connectivity index (χ2n) is 5.89. The molecule has 0 saturated heterocycles. The van der Waals surface area contributed by atoms with Crippen LogP contribution in [0.2, 0.25) is 0 Å². The summed E-state index contributed by atoms with van der Waals surface area (Å²) in [7, 11) is 3.47. The molecule has 0 bridgehead atoms. The number of hydrogen-bond acceptors (Lipinski definition) is 3. The van der Waals surface area contributed by atoms with Crippen molar-refractivity contribution < 1.29 is 4.79 Å². The lowest BCUT2D eigenvalue weighted by molar-refractivity contribution is -0.127. The second-order valence-corrected chi connectivity index (χ2v) is 5.89. The Morgan fingerprint density at radius 2 is 2.04 bits per heavy atom. The number of halogens is 1. The van der Waals surface area contributed by atoms with Crippen LogP contribution in [0.1, 0.15) is 18.1 Å². The van der Waals surface area contributed by atoms with Crippen LogP contribution in [-0.4, -0.2) is 53.5 Å². The number of benzene rings is 1. The molecule has 0 aliphatic carbocycles. The van der Waals surface area contributed by atoms with Crippen molar-refractivity contribution in [3.05, 3.63) is 54.1 Å². The Morgan fingerprint density at radius 1 is 1.27 bits per heavy atom. The molecular weight excluding hydrogens is 443 g/mol.